The smallest absolute Gasteiger partial charge is 0.406 e. The molecule has 8 heteroatoms. The SMILES string of the molecule is O=C(O)CN(CC(F)(F)F)C(=O)Cc1ccccc1F. The Hall–Kier alpha value is -2.12. The van der Waals surface area contributed by atoms with Gasteiger partial charge in [0.15, 0.2) is 0 Å². The van der Waals surface area contributed by atoms with E-state index < -0.39 is 43.4 Å². The molecule has 1 N–H and O–H groups in total. The molecule has 0 aliphatic heterocycles. The Morgan fingerprint density at radius 2 is 1.80 bits per heavy atom. The summed E-state index contributed by atoms with van der Waals surface area (Å²) in [7, 11) is 0. The molecule has 0 fully saturated rings. The second kappa shape index (κ2) is 6.36. The Morgan fingerprint density at radius 1 is 1.20 bits per heavy atom. The summed E-state index contributed by atoms with van der Waals surface area (Å²) in [6, 6.07) is 5.11. The van der Waals surface area contributed by atoms with Crippen molar-refractivity contribution in [1.29, 1.82) is 0 Å². The third-order valence-corrected chi connectivity index (χ3v) is 2.35. The summed E-state index contributed by atoms with van der Waals surface area (Å²) in [6.45, 7) is -2.78. The van der Waals surface area contributed by atoms with Crippen LogP contribution < -0.4 is 0 Å². The van der Waals surface area contributed by atoms with Gasteiger partial charge < -0.3 is 10.0 Å². The molecule has 1 aromatic rings. The van der Waals surface area contributed by atoms with Gasteiger partial charge in [0.25, 0.3) is 0 Å². The van der Waals surface area contributed by atoms with Gasteiger partial charge in [-0.1, -0.05) is 18.2 Å². The molecule has 0 aliphatic rings. The highest BCUT2D eigenvalue weighted by molar-refractivity contribution is 5.83. The van der Waals surface area contributed by atoms with Crippen LogP contribution >= 0.6 is 0 Å². The Kier molecular flexibility index (Phi) is 5.06. The van der Waals surface area contributed by atoms with Gasteiger partial charge in [0, 0.05) is 0 Å². The Balaban J connectivity index is 2.83. The number of amides is 1. The molecule has 0 radical (unpaired) electrons. The summed E-state index contributed by atoms with van der Waals surface area (Å²) in [5, 5.41) is 8.51. The molecule has 0 spiro atoms. The molecule has 1 aromatic carbocycles. The number of hydrogen-bond acceptors (Lipinski definition) is 2. The van der Waals surface area contributed by atoms with Gasteiger partial charge in [-0.15, -0.1) is 0 Å². The van der Waals surface area contributed by atoms with Gasteiger partial charge in [0.1, 0.15) is 18.9 Å². The quantitative estimate of drug-likeness (QED) is 0.843. The number of carbonyl (C=O) groups is 2. The number of alkyl halides is 3. The van der Waals surface area contributed by atoms with E-state index in [9.17, 15) is 27.2 Å². The molecular weight excluding hydrogens is 282 g/mol. The summed E-state index contributed by atoms with van der Waals surface area (Å²) in [4.78, 5) is 22.3. The van der Waals surface area contributed by atoms with Crippen LogP contribution in [0.15, 0.2) is 24.3 Å². The lowest BCUT2D eigenvalue weighted by Crippen LogP contribution is -2.42. The van der Waals surface area contributed by atoms with E-state index in [-0.39, 0.29) is 10.5 Å². The molecule has 0 saturated carbocycles. The fourth-order valence-electron chi connectivity index (χ4n) is 1.53. The van der Waals surface area contributed by atoms with Crippen LogP contribution in [-0.2, 0) is 16.0 Å². The highest BCUT2D eigenvalue weighted by atomic mass is 19.4. The van der Waals surface area contributed by atoms with Crippen molar-refractivity contribution in [3.8, 4) is 0 Å². The number of benzene rings is 1. The first kappa shape index (κ1) is 15.9. The molecule has 0 saturated heterocycles. The number of nitrogens with zero attached hydrogens (tertiary/aromatic N) is 1. The van der Waals surface area contributed by atoms with Crippen LogP contribution in [0.2, 0.25) is 0 Å². The lowest BCUT2D eigenvalue weighted by molar-refractivity contribution is -0.165. The number of halogens is 4. The van der Waals surface area contributed by atoms with Crippen molar-refractivity contribution in [2.45, 2.75) is 12.6 Å². The van der Waals surface area contributed by atoms with Crippen molar-refractivity contribution in [3.05, 3.63) is 35.6 Å². The number of hydrogen-bond donors (Lipinski definition) is 1. The minimum absolute atomic E-state index is 0.0879. The van der Waals surface area contributed by atoms with Crippen molar-refractivity contribution in [3.63, 3.8) is 0 Å². The molecule has 0 bridgehead atoms. The van der Waals surface area contributed by atoms with Crippen molar-refractivity contribution in [2.24, 2.45) is 0 Å². The first-order valence-electron chi connectivity index (χ1n) is 5.49. The van der Waals surface area contributed by atoms with Crippen LogP contribution in [0.25, 0.3) is 0 Å². The van der Waals surface area contributed by atoms with Gasteiger partial charge in [-0.2, -0.15) is 13.2 Å². The van der Waals surface area contributed by atoms with Crippen LogP contribution in [0.3, 0.4) is 0 Å². The Morgan fingerprint density at radius 3 is 2.30 bits per heavy atom. The maximum absolute atomic E-state index is 13.3. The molecule has 0 unspecified atom stereocenters. The van der Waals surface area contributed by atoms with Crippen LogP contribution in [0.4, 0.5) is 17.6 Å². The summed E-state index contributed by atoms with van der Waals surface area (Å²) in [6.07, 6.45) is -5.35. The predicted octanol–water partition coefficient (Wildman–Crippen LogP) is 1.84. The van der Waals surface area contributed by atoms with Crippen LogP contribution in [0.1, 0.15) is 5.56 Å². The lowest BCUT2D eigenvalue weighted by Gasteiger charge is -2.22. The monoisotopic (exact) mass is 293 g/mol. The van der Waals surface area contributed by atoms with E-state index in [2.05, 4.69) is 0 Å². The summed E-state index contributed by atoms with van der Waals surface area (Å²) in [5.41, 5.74) is -0.0879. The van der Waals surface area contributed by atoms with E-state index in [1.165, 1.54) is 18.2 Å². The third kappa shape index (κ3) is 5.25. The zero-order valence-electron chi connectivity index (χ0n) is 10.2. The molecule has 20 heavy (non-hydrogen) atoms. The molecule has 4 nitrogen and oxygen atoms in total. The van der Waals surface area contributed by atoms with Crippen molar-refractivity contribution >= 4 is 11.9 Å². The minimum Gasteiger partial charge on any atom is -0.480 e. The van der Waals surface area contributed by atoms with E-state index in [4.69, 9.17) is 5.11 Å². The molecular formula is C12H11F4NO3. The number of rotatable bonds is 5. The number of carboxylic acid groups (broad SMARTS) is 1. The first-order chi connectivity index (χ1) is 9.19. The topological polar surface area (TPSA) is 57.6 Å². The Bertz CT molecular complexity index is 502. The van der Waals surface area contributed by atoms with Crippen molar-refractivity contribution in [1.82, 2.24) is 4.90 Å². The molecule has 0 atom stereocenters. The maximum atomic E-state index is 13.3. The highest BCUT2D eigenvalue weighted by Crippen LogP contribution is 2.17. The van der Waals surface area contributed by atoms with Gasteiger partial charge in [0.2, 0.25) is 5.91 Å². The maximum Gasteiger partial charge on any atom is 0.406 e. The zero-order valence-corrected chi connectivity index (χ0v) is 10.2. The average Bonchev–Trinajstić information content (AvgIpc) is 2.28. The van der Waals surface area contributed by atoms with E-state index in [0.717, 1.165) is 6.07 Å². The van der Waals surface area contributed by atoms with E-state index in [1.54, 1.807) is 0 Å². The largest absolute Gasteiger partial charge is 0.480 e. The summed E-state index contributed by atoms with van der Waals surface area (Å²) < 4.78 is 50.1. The molecule has 0 aromatic heterocycles. The number of carboxylic acids is 1. The van der Waals surface area contributed by atoms with Crippen LogP contribution in [0, 0.1) is 5.82 Å². The second-order valence-corrected chi connectivity index (χ2v) is 4.03. The minimum atomic E-state index is -4.72. The van der Waals surface area contributed by atoms with Gasteiger partial charge in [-0.05, 0) is 11.6 Å². The van der Waals surface area contributed by atoms with Crippen LogP contribution in [0.5, 0.6) is 0 Å². The van der Waals surface area contributed by atoms with Gasteiger partial charge in [-0.25, -0.2) is 4.39 Å². The van der Waals surface area contributed by atoms with Crippen LogP contribution in [-0.4, -0.2) is 41.1 Å². The van der Waals surface area contributed by atoms with Gasteiger partial charge in [0.05, 0.1) is 6.42 Å². The molecule has 0 aliphatic carbocycles. The van der Waals surface area contributed by atoms with Gasteiger partial charge >= 0.3 is 12.1 Å². The molecule has 1 amide bonds. The third-order valence-electron chi connectivity index (χ3n) is 2.35. The lowest BCUT2D eigenvalue weighted by atomic mass is 10.1. The first-order valence-corrected chi connectivity index (χ1v) is 5.49. The van der Waals surface area contributed by atoms with E-state index >= 15 is 0 Å². The molecule has 1 rings (SSSR count). The summed E-state index contributed by atoms with van der Waals surface area (Å²) >= 11 is 0. The van der Waals surface area contributed by atoms with E-state index in [0.29, 0.717) is 0 Å². The van der Waals surface area contributed by atoms with Crippen molar-refractivity contribution in [2.75, 3.05) is 13.1 Å². The molecule has 0 heterocycles. The van der Waals surface area contributed by atoms with E-state index in [1.807, 2.05) is 0 Å². The summed E-state index contributed by atoms with van der Waals surface area (Å²) in [5.74, 6) is -3.41. The fourth-order valence-corrected chi connectivity index (χ4v) is 1.53. The highest BCUT2D eigenvalue weighted by Gasteiger charge is 2.34. The van der Waals surface area contributed by atoms with Gasteiger partial charge in [-0.3, -0.25) is 9.59 Å². The molecule has 110 valence electrons. The zero-order chi connectivity index (χ0) is 15.3. The fraction of sp³-hybridized carbons (Fsp3) is 0.333. The normalized spacial score (nSPS) is 11.2. The predicted molar refractivity (Wildman–Crippen MR) is 60.4 cm³/mol. The second-order valence-electron chi connectivity index (χ2n) is 4.03. The Labute approximate surface area is 111 Å². The number of carbonyl (C=O) groups excluding carboxylic acids is 1. The average molecular weight is 293 g/mol. The number of aliphatic carboxylic acids is 1. The standard InChI is InChI=1S/C12H11F4NO3/c13-9-4-2-1-3-8(9)5-10(18)17(6-11(19)20)7-12(14,15)16/h1-4H,5-7H2,(H,19,20). The van der Waals surface area contributed by atoms with Crippen molar-refractivity contribution < 1.29 is 32.3 Å².